The molecule has 1 aliphatic rings. The first kappa shape index (κ1) is 22.1. The molecule has 1 aromatic carbocycles. The van der Waals surface area contributed by atoms with E-state index in [0.29, 0.717) is 31.8 Å². The largest absolute Gasteiger partial charge is 0.369 e. The standard InChI is InChI=1S/C21H27N3O2.C2H6/c1-17-14-24(18(2)8-11-23-12-9-20(25)10-13-23)21(22-17)16-26-15-19-6-4-3-5-7-19;1-2/h3-7,14H,2,8-13,15-16H2,1H3;1-2H3. The summed E-state index contributed by atoms with van der Waals surface area (Å²) in [6, 6.07) is 10.1. The highest BCUT2D eigenvalue weighted by molar-refractivity contribution is 5.79. The molecule has 1 fully saturated rings. The summed E-state index contributed by atoms with van der Waals surface area (Å²) >= 11 is 0. The molecule has 0 unspecified atom stereocenters. The molecule has 3 rings (SSSR count). The van der Waals surface area contributed by atoms with Crippen LogP contribution in [0.15, 0.2) is 43.1 Å². The number of aryl methyl sites for hydroxylation is 1. The van der Waals surface area contributed by atoms with E-state index in [9.17, 15) is 4.79 Å². The summed E-state index contributed by atoms with van der Waals surface area (Å²) in [5.74, 6) is 1.26. The van der Waals surface area contributed by atoms with E-state index in [1.165, 1.54) is 0 Å². The maximum atomic E-state index is 11.3. The maximum Gasteiger partial charge on any atom is 0.139 e. The summed E-state index contributed by atoms with van der Waals surface area (Å²) in [4.78, 5) is 18.3. The average molecular weight is 384 g/mol. The van der Waals surface area contributed by atoms with Crippen molar-refractivity contribution in [2.75, 3.05) is 19.6 Å². The first-order valence-electron chi connectivity index (χ1n) is 10.2. The summed E-state index contributed by atoms with van der Waals surface area (Å²) < 4.78 is 7.89. The van der Waals surface area contributed by atoms with Crippen LogP contribution in [0.1, 0.15) is 50.2 Å². The van der Waals surface area contributed by atoms with E-state index in [1.807, 2.05) is 45.2 Å². The topological polar surface area (TPSA) is 47.4 Å². The number of rotatable bonds is 8. The Labute approximate surface area is 169 Å². The number of ether oxygens (including phenoxy) is 1. The van der Waals surface area contributed by atoms with Crippen LogP contribution in [0.2, 0.25) is 0 Å². The maximum absolute atomic E-state index is 11.3. The minimum Gasteiger partial charge on any atom is -0.369 e. The van der Waals surface area contributed by atoms with Gasteiger partial charge in [-0.15, -0.1) is 0 Å². The van der Waals surface area contributed by atoms with Gasteiger partial charge in [0.25, 0.3) is 0 Å². The van der Waals surface area contributed by atoms with Gasteiger partial charge in [0.15, 0.2) is 0 Å². The second-order valence-electron chi connectivity index (χ2n) is 6.84. The summed E-state index contributed by atoms with van der Waals surface area (Å²) in [6.45, 7) is 13.9. The third-order valence-corrected chi connectivity index (χ3v) is 4.71. The number of hydrogen-bond acceptors (Lipinski definition) is 4. The van der Waals surface area contributed by atoms with Crippen molar-refractivity contribution >= 4 is 11.5 Å². The van der Waals surface area contributed by atoms with E-state index >= 15 is 0 Å². The highest BCUT2D eigenvalue weighted by Crippen LogP contribution is 2.16. The molecule has 2 heterocycles. The number of piperidine rings is 1. The molecule has 1 aliphatic heterocycles. The number of benzene rings is 1. The second-order valence-corrected chi connectivity index (χ2v) is 6.84. The van der Waals surface area contributed by atoms with Crippen molar-refractivity contribution in [1.29, 1.82) is 0 Å². The van der Waals surface area contributed by atoms with Gasteiger partial charge >= 0.3 is 0 Å². The van der Waals surface area contributed by atoms with Gasteiger partial charge in [-0.1, -0.05) is 50.8 Å². The van der Waals surface area contributed by atoms with Crippen LogP contribution in [-0.2, 0) is 22.7 Å². The van der Waals surface area contributed by atoms with E-state index in [1.54, 1.807) is 0 Å². The zero-order valence-electron chi connectivity index (χ0n) is 17.5. The number of imidazole rings is 1. The summed E-state index contributed by atoms with van der Waals surface area (Å²) in [7, 11) is 0. The predicted octanol–water partition coefficient (Wildman–Crippen LogP) is 4.46. The number of carbonyl (C=O) groups is 1. The van der Waals surface area contributed by atoms with E-state index < -0.39 is 0 Å². The number of aromatic nitrogens is 2. The lowest BCUT2D eigenvalue weighted by atomic mass is 10.1. The van der Waals surface area contributed by atoms with Crippen molar-refractivity contribution in [2.45, 2.75) is 53.2 Å². The Hall–Kier alpha value is -2.24. The van der Waals surface area contributed by atoms with Gasteiger partial charge in [-0.2, -0.15) is 0 Å². The Morgan fingerprint density at radius 1 is 1.14 bits per heavy atom. The molecular weight excluding hydrogens is 350 g/mol. The van der Waals surface area contributed by atoms with Crippen LogP contribution in [0.5, 0.6) is 0 Å². The quantitative estimate of drug-likeness (QED) is 0.675. The third kappa shape index (κ3) is 6.73. The lowest BCUT2D eigenvalue weighted by Crippen LogP contribution is -2.34. The molecule has 0 amide bonds. The van der Waals surface area contributed by atoms with Gasteiger partial charge in [0.1, 0.15) is 18.2 Å². The molecule has 152 valence electrons. The molecule has 28 heavy (non-hydrogen) atoms. The van der Waals surface area contributed by atoms with Gasteiger partial charge in [-0.05, 0) is 12.5 Å². The molecule has 0 spiro atoms. The molecule has 0 bridgehead atoms. The van der Waals surface area contributed by atoms with Crippen molar-refractivity contribution in [3.05, 3.63) is 60.2 Å². The average Bonchev–Trinajstić information content (AvgIpc) is 3.10. The first-order valence-corrected chi connectivity index (χ1v) is 10.2. The molecule has 5 nitrogen and oxygen atoms in total. The summed E-state index contributed by atoms with van der Waals surface area (Å²) in [5.41, 5.74) is 3.13. The monoisotopic (exact) mass is 383 g/mol. The van der Waals surface area contributed by atoms with Crippen LogP contribution in [0.3, 0.4) is 0 Å². The molecule has 0 aliphatic carbocycles. The van der Waals surface area contributed by atoms with E-state index in [0.717, 1.165) is 48.8 Å². The zero-order valence-corrected chi connectivity index (χ0v) is 17.5. The molecule has 0 atom stereocenters. The molecule has 1 aromatic heterocycles. The fraction of sp³-hybridized carbons (Fsp3) is 0.478. The molecule has 5 heteroatoms. The number of likely N-dealkylation sites (tertiary alicyclic amines) is 1. The summed E-state index contributed by atoms with van der Waals surface area (Å²) in [6.07, 6.45) is 4.23. The van der Waals surface area contributed by atoms with Crippen molar-refractivity contribution in [3.8, 4) is 0 Å². The number of hydrogen-bond donors (Lipinski definition) is 0. The van der Waals surface area contributed by atoms with E-state index in [2.05, 4.69) is 33.2 Å². The highest BCUT2D eigenvalue weighted by Gasteiger charge is 2.16. The highest BCUT2D eigenvalue weighted by atomic mass is 16.5. The van der Waals surface area contributed by atoms with E-state index in [-0.39, 0.29) is 0 Å². The Bertz CT molecular complexity index is 742. The molecule has 0 radical (unpaired) electrons. The number of ketones is 1. The number of Topliss-reactive ketones (excluding diaryl/α,β-unsaturated/α-hetero) is 1. The number of nitrogens with zero attached hydrogens (tertiary/aromatic N) is 3. The van der Waals surface area contributed by atoms with Crippen molar-refractivity contribution in [2.24, 2.45) is 0 Å². The van der Waals surface area contributed by atoms with Crippen LogP contribution >= 0.6 is 0 Å². The second kappa shape index (κ2) is 11.6. The Morgan fingerprint density at radius 2 is 1.82 bits per heavy atom. The molecule has 2 aromatic rings. The normalized spacial score (nSPS) is 14.5. The lowest BCUT2D eigenvalue weighted by molar-refractivity contribution is -0.121. The fourth-order valence-electron chi connectivity index (χ4n) is 3.19. The third-order valence-electron chi connectivity index (χ3n) is 4.71. The lowest BCUT2D eigenvalue weighted by Gasteiger charge is -2.26. The van der Waals surface area contributed by atoms with Gasteiger partial charge in [0, 0.05) is 50.8 Å². The SMILES string of the molecule is C=C(CCN1CCC(=O)CC1)n1cc(C)nc1COCc1ccccc1.CC. The van der Waals surface area contributed by atoms with Crippen molar-refractivity contribution in [1.82, 2.24) is 14.5 Å². The van der Waals surface area contributed by atoms with Crippen LogP contribution in [0, 0.1) is 6.92 Å². The Morgan fingerprint density at radius 3 is 2.50 bits per heavy atom. The fourth-order valence-corrected chi connectivity index (χ4v) is 3.19. The molecule has 0 N–H and O–H groups in total. The molecule has 1 saturated heterocycles. The van der Waals surface area contributed by atoms with Gasteiger partial charge in [-0.3, -0.25) is 4.79 Å². The minimum absolute atomic E-state index is 0.378. The smallest absolute Gasteiger partial charge is 0.139 e. The van der Waals surface area contributed by atoms with Gasteiger partial charge in [0.2, 0.25) is 0 Å². The van der Waals surface area contributed by atoms with Crippen LogP contribution in [-0.4, -0.2) is 39.9 Å². The number of carbonyl (C=O) groups excluding carboxylic acids is 1. The van der Waals surface area contributed by atoms with Crippen molar-refractivity contribution < 1.29 is 9.53 Å². The molecular formula is C23H33N3O2. The predicted molar refractivity (Wildman–Crippen MR) is 114 cm³/mol. The first-order chi connectivity index (χ1) is 13.6. The van der Waals surface area contributed by atoms with Gasteiger partial charge in [0.05, 0.1) is 12.3 Å². The minimum atomic E-state index is 0.378. The molecule has 0 saturated carbocycles. The van der Waals surface area contributed by atoms with Crippen LogP contribution < -0.4 is 0 Å². The Kier molecular flexibility index (Phi) is 9.11. The van der Waals surface area contributed by atoms with Gasteiger partial charge in [-0.25, -0.2) is 4.98 Å². The van der Waals surface area contributed by atoms with Crippen LogP contribution in [0.4, 0.5) is 0 Å². The van der Waals surface area contributed by atoms with Gasteiger partial charge < -0.3 is 14.2 Å². The summed E-state index contributed by atoms with van der Waals surface area (Å²) in [5, 5.41) is 0. The van der Waals surface area contributed by atoms with Crippen LogP contribution in [0.25, 0.3) is 5.70 Å². The zero-order chi connectivity index (χ0) is 20.4. The van der Waals surface area contributed by atoms with Crippen molar-refractivity contribution in [3.63, 3.8) is 0 Å². The Balaban J connectivity index is 0.00000136. The van der Waals surface area contributed by atoms with E-state index in [4.69, 9.17) is 4.74 Å².